The highest BCUT2D eigenvalue weighted by molar-refractivity contribution is 6.30. The highest BCUT2D eigenvalue weighted by Gasteiger charge is 2.02. The van der Waals surface area contributed by atoms with Crippen LogP contribution in [0.4, 0.5) is 4.39 Å². The Morgan fingerprint density at radius 2 is 2.50 bits per heavy atom. The van der Waals surface area contributed by atoms with Crippen molar-refractivity contribution >= 4 is 18.3 Å². The van der Waals surface area contributed by atoms with Crippen molar-refractivity contribution < 1.29 is 4.39 Å². The second kappa shape index (κ2) is 5.34. The molecule has 1 aromatic heterocycles. The molecular formula is C9H9ClFN3. The quantitative estimate of drug-likeness (QED) is 0.779. The highest BCUT2D eigenvalue weighted by Crippen LogP contribution is 2.11. The van der Waals surface area contributed by atoms with Gasteiger partial charge in [0.15, 0.2) is 0 Å². The summed E-state index contributed by atoms with van der Waals surface area (Å²) < 4.78 is 13.1. The Kier molecular flexibility index (Phi) is 4.07. The van der Waals surface area contributed by atoms with Crippen LogP contribution >= 0.6 is 11.6 Å². The molecule has 0 spiro atoms. The molecule has 1 aromatic rings. The molecule has 0 aliphatic carbocycles. The van der Waals surface area contributed by atoms with Crippen molar-refractivity contribution in [3.63, 3.8) is 0 Å². The van der Waals surface area contributed by atoms with E-state index in [1.807, 2.05) is 0 Å². The summed E-state index contributed by atoms with van der Waals surface area (Å²) in [6, 6.07) is 1.22. The fourth-order valence-corrected chi connectivity index (χ4v) is 0.979. The molecule has 1 heterocycles. The minimum absolute atomic E-state index is 0.287. The summed E-state index contributed by atoms with van der Waals surface area (Å²) in [5.41, 5.74) is 0.308. The molecule has 0 atom stereocenters. The summed E-state index contributed by atoms with van der Waals surface area (Å²) in [6.07, 6.45) is 4.42. The maximum atomic E-state index is 13.1. The van der Waals surface area contributed by atoms with Crippen molar-refractivity contribution in [1.82, 2.24) is 10.3 Å². The van der Waals surface area contributed by atoms with E-state index < -0.39 is 5.82 Å². The molecule has 0 saturated heterocycles. The lowest BCUT2D eigenvalue weighted by Crippen LogP contribution is -2.08. The summed E-state index contributed by atoms with van der Waals surface area (Å²) in [5.74, 6) is -0.426. The maximum absolute atomic E-state index is 13.1. The molecule has 0 unspecified atom stereocenters. The first-order valence-electron chi connectivity index (χ1n) is 3.88. The van der Waals surface area contributed by atoms with E-state index in [4.69, 9.17) is 11.6 Å². The van der Waals surface area contributed by atoms with Crippen LogP contribution < -0.4 is 5.32 Å². The predicted molar refractivity (Wildman–Crippen MR) is 54.7 cm³/mol. The normalized spacial score (nSPS) is 10.4. The van der Waals surface area contributed by atoms with Gasteiger partial charge in [0.2, 0.25) is 0 Å². The molecule has 5 heteroatoms. The molecule has 1 N–H and O–H groups in total. The number of rotatable bonds is 4. The predicted octanol–water partition coefficient (Wildman–Crippen LogP) is 2.14. The van der Waals surface area contributed by atoms with Gasteiger partial charge in [0, 0.05) is 18.6 Å². The van der Waals surface area contributed by atoms with E-state index in [0.29, 0.717) is 5.69 Å². The van der Waals surface area contributed by atoms with Crippen LogP contribution in [0.1, 0.15) is 5.69 Å². The van der Waals surface area contributed by atoms with Crippen molar-refractivity contribution in [2.75, 3.05) is 0 Å². The monoisotopic (exact) mass is 213 g/mol. The Morgan fingerprint density at radius 1 is 1.71 bits per heavy atom. The molecule has 0 saturated carbocycles. The Labute approximate surface area is 86.3 Å². The van der Waals surface area contributed by atoms with Crippen LogP contribution in [-0.2, 0) is 6.54 Å². The van der Waals surface area contributed by atoms with Gasteiger partial charge in [-0.25, -0.2) is 4.39 Å². The number of aliphatic imine (C=N–C) groups is 1. The van der Waals surface area contributed by atoms with E-state index in [2.05, 4.69) is 22.0 Å². The highest BCUT2D eigenvalue weighted by atomic mass is 35.5. The molecule has 14 heavy (non-hydrogen) atoms. The van der Waals surface area contributed by atoms with Gasteiger partial charge in [-0.2, -0.15) is 0 Å². The second-order valence-corrected chi connectivity index (χ2v) is 2.90. The van der Waals surface area contributed by atoms with Crippen molar-refractivity contribution in [2.45, 2.75) is 6.54 Å². The molecule has 1 rings (SSSR count). The number of halogens is 2. The number of nitrogens with one attached hydrogen (secondary N) is 1. The molecule has 0 fully saturated rings. The SMILES string of the molecule is C=N/C=C\NCc1ncc(Cl)cc1F. The van der Waals surface area contributed by atoms with Crippen molar-refractivity contribution in [3.05, 3.63) is 41.2 Å². The van der Waals surface area contributed by atoms with E-state index in [9.17, 15) is 4.39 Å². The zero-order valence-corrected chi connectivity index (χ0v) is 8.13. The number of hydrogen-bond acceptors (Lipinski definition) is 3. The fourth-order valence-electron chi connectivity index (χ4n) is 0.834. The van der Waals surface area contributed by atoms with Crippen LogP contribution in [0, 0.1) is 5.82 Å². The molecule has 0 radical (unpaired) electrons. The third-order valence-electron chi connectivity index (χ3n) is 1.45. The summed E-state index contributed by atoms with van der Waals surface area (Å²) in [4.78, 5) is 7.30. The largest absolute Gasteiger partial charge is 0.384 e. The molecular weight excluding hydrogens is 205 g/mol. The van der Waals surface area contributed by atoms with E-state index in [1.165, 1.54) is 18.5 Å². The van der Waals surface area contributed by atoms with Crippen molar-refractivity contribution in [3.8, 4) is 0 Å². The minimum atomic E-state index is -0.426. The van der Waals surface area contributed by atoms with Gasteiger partial charge in [-0.1, -0.05) is 11.6 Å². The number of hydrogen-bond donors (Lipinski definition) is 1. The van der Waals surface area contributed by atoms with Crippen molar-refractivity contribution in [1.29, 1.82) is 0 Å². The lowest BCUT2D eigenvalue weighted by Gasteiger charge is -2.01. The van der Waals surface area contributed by atoms with Gasteiger partial charge in [0.05, 0.1) is 17.3 Å². The average Bonchev–Trinajstić information content (AvgIpc) is 2.15. The van der Waals surface area contributed by atoms with Gasteiger partial charge in [0.1, 0.15) is 5.82 Å². The second-order valence-electron chi connectivity index (χ2n) is 2.46. The van der Waals surface area contributed by atoms with Gasteiger partial charge >= 0.3 is 0 Å². The van der Waals surface area contributed by atoms with Crippen LogP contribution in [0.15, 0.2) is 29.7 Å². The van der Waals surface area contributed by atoms with Crippen molar-refractivity contribution in [2.24, 2.45) is 4.99 Å². The van der Waals surface area contributed by atoms with Gasteiger partial charge in [-0.3, -0.25) is 9.98 Å². The zero-order valence-electron chi connectivity index (χ0n) is 7.37. The third-order valence-corrected chi connectivity index (χ3v) is 1.66. The Balaban J connectivity index is 2.59. The topological polar surface area (TPSA) is 37.3 Å². The summed E-state index contributed by atoms with van der Waals surface area (Å²) >= 11 is 5.54. The molecule has 0 bridgehead atoms. The Morgan fingerprint density at radius 3 is 3.14 bits per heavy atom. The van der Waals surface area contributed by atoms with Gasteiger partial charge in [-0.15, -0.1) is 0 Å². The lowest BCUT2D eigenvalue weighted by molar-refractivity contribution is 0.592. The standard InChI is InChI=1S/C9H9ClFN3/c1-12-2-3-13-6-9-8(11)4-7(10)5-14-9/h2-5,13H,1,6H2/b3-2-. The summed E-state index contributed by atoms with van der Waals surface area (Å²) in [5, 5.41) is 3.09. The first-order chi connectivity index (χ1) is 6.74. The molecule has 0 aliphatic rings. The van der Waals surface area contributed by atoms with Crippen LogP contribution in [0.5, 0.6) is 0 Å². The molecule has 74 valence electrons. The number of nitrogens with zero attached hydrogens (tertiary/aromatic N) is 2. The Bertz CT molecular complexity index is 352. The average molecular weight is 214 g/mol. The van der Waals surface area contributed by atoms with E-state index in [1.54, 1.807) is 6.20 Å². The summed E-state index contributed by atoms with van der Waals surface area (Å²) in [7, 11) is 0. The van der Waals surface area contributed by atoms with Crippen LogP contribution in [0.3, 0.4) is 0 Å². The smallest absolute Gasteiger partial charge is 0.148 e. The first kappa shape index (κ1) is 10.7. The fraction of sp³-hybridized carbons (Fsp3) is 0.111. The maximum Gasteiger partial charge on any atom is 0.148 e. The molecule has 0 aliphatic heterocycles. The molecule has 0 aromatic carbocycles. The van der Waals surface area contributed by atoms with Crippen LogP contribution in [0.25, 0.3) is 0 Å². The van der Waals surface area contributed by atoms with E-state index >= 15 is 0 Å². The lowest BCUT2D eigenvalue weighted by atomic mass is 10.3. The minimum Gasteiger partial charge on any atom is -0.384 e. The van der Waals surface area contributed by atoms with Crippen LogP contribution in [-0.4, -0.2) is 11.7 Å². The third kappa shape index (κ3) is 3.14. The zero-order chi connectivity index (χ0) is 10.4. The van der Waals surface area contributed by atoms with Crippen LogP contribution in [0.2, 0.25) is 5.02 Å². The van der Waals surface area contributed by atoms with Gasteiger partial charge < -0.3 is 5.32 Å². The molecule has 3 nitrogen and oxygen atoms in total. The van der Waals surface area contributed by atoms with Gasteiger partial charge in [-0.05, 0) is 12.8 Å². The van der Waals surface area contributed by atoms with E-state index in [0.717, 1.165) is 0 Å². The molecule has 0 amide bonds. The summed E-state index contributed by atoms with van der Waals surface area (Å²) in [6.45, 7) is 3.54. The Hall–Kier alpha value is -1.42. The van der Waals surface area contributed by atoms with Gasteiger partial charge in [0.25, 0.3) is 0 Å². The first-order valence-corrected chi connectivity index (χ1v) is 4.26. The number of pyridine rings is 1. The van der Waals surface area contributed by atoms with E-state index in [-0.39, 0.29) is 11.6 Å². The number of aromatic nitrogens is 1.